The molecule has 8 heteroatoms. The summed E-state index contributed by atoms with van der Waals surface area (Å²) >= 11 is 1.56. The Balaban J connectivity index is 1.26. The first-order valence-corrected chi connectivity index (χ1v) is 9.29. The van der Waals surface area contributed by atoms with Crippen LogP contribution >= 0.6 is 11.3 Å². The summed E-state index contributed by atoms with van der Waals surface area (Å²) in [6.07, 6.45) is 2.17. The Morgan fingerprint density at radius 2 is 2.00 bits per heavy atom. The average Bonchev–Trinajstić information content (AvgIpc) is 3.47. The van der Waals surface area contributed by atoms with E-state index in [1.807, 2.05) is 35.7 Å². The first-order chi connectivity index (χ1) is 13.3. The number of aromatic nitrogens is 3. The molecule has 1 aromatic carbocycles. The molecule has 3 heterocycles. The van der Waals surface area contributed by atoms with Crippen LogP contribution in [0.25, 0.3) is 22.2 Å². The molecule has 0 spiro atoms. The predicted octanol–water partition coefficient (Wildman–Crippen LogP) is 3.70. The lowest BCUT2D eigenvalue weighted by molar-refractivity contribution is -0.121. The quantitative estimate of drug-likeness (QED) is 0.525. The fourth-order valence-corrected chi connectivity index (χ4v) is 3.29. The Bertz CT molecular complexity index is 1010. The molecule has 0 unspecified atom stereocenters. The first kappa shape index (κ1) is 17.2. The summed E-state index contributed by atoms with van der Waals surface area (Å²) in [6.45, 7) is 0.393. The Kier molecular flexibility index (Phi) is 5.06. The molecule has 0 fully saturated rings. The summed E-state index contributed by atoms with van der Waals surface area (Å²) in [4.78, 5) is 20.8. The van der Waals surface area contributed by atoms with Crippen molar-refractivity contribution >= 4 is 17.2 Å². The van der Waals surface area contributed by atoms with Crippen molar-refractivity contribution in [2.24, 2.45) is 0 Å². The molecular formula is C19H16N4O3S. The van der Waals surface area contributed by atoms with Crippen LogP contribution in [0.2, 0.25) is 0 Å². The van der Waals surface area contributed by atoms with Gasteiger partial charge >= 0.3 is 0 Å². The molecule has 27 heavy (non-hydrogen) atoms. The van der Waals surface area contributed by atoms with Crippen molar-refractivity contribution in [1.29, 1.82) is 0 Å². The number of amides is 1. The minimum absolute atomic E-state index is 0.0954. The van der Waals surface area contributed by atoms with Crippen LogP contribution in [0.4, 0.5) is 0 Å². The van der Waals surface area contributed by atoms with Crippen molar-refractivity contribution < 1.29 is 13.7 Å². The fourth-order valence-electron chi connectivity index (χ4n) is 2.46. The zero-order valence-corrected chi connectivity index (χ0v) is 15.1. The first-order valence-electron chi connectivity index (χ1n) is 8.41. The second-order valence-corrected chi connectivity index (χ2v) is 6.63. The molecule has 0 aliphatic heterocycles. The Morgan fingerprint density at radius 3 is 2.81 bits per heavy atom. The normalized spacial score (nSPS) is 10.8. The second kappa shape index (κ2) is 7.96. The zero-order chi connectivity index (χ0) is 18.5. The summed E-state index contributed by atoms with van der Waals surface area (Å²) in [5.74, 6) is 1.22. The number of carbonyl (C=O) groups excluding carboxylic acids is 1. The molecule has 0 saturated heterocycles. The second-order valence-electron chi connectivity index (χ2n) is 5.78. The summed E-state index contributed by atoms with van der Waals surface area (Å²) < 4.78 is 10.4. The molecule has 3 aromatic heterocycles. The van der Waals surface area contributed by atoms with E-state index in [1.54, 1.807) is 29.7 Å². The molecule has 0 bridgehead atoms. The molecule has 136 valence electrons. The van der Waals surface area contributed by atoms with E-state index in [1.165, 1.54) is 0 Å². The summed E-state index contributed by atoms with van der Waals surface area (Å²) in [6, 6.07) is 13.5. The molecule has 0 saturated carbocycles. The SMILES string of the molecule is O=C(CCc1nc(-c2ccco2)no1)NCc1csc(-c2ccccc2)n1. The number of benzene rings is 1. The molecular weight excluding hydrogens is 364 g/mol. The van der Waals surface area contributed by atoms with Gasteiger partial charge in [-0.05, 0) is 12.1 Å². The lowest BCUT2D eigenvalue weighted by atomic mass is 10.2. The van der Waals surface area contributed by atoms with Crippen molar-refractivity contribution in [2.75, 3.05) is 0 Å². The van der Waals surface area contributed by atoms with E-state index in [0.29, 0.717) is 30.4 Å². The molecule has 1 N–H and O–H groups in total. The van der Waals surface area contributed by atoms with Gasteiger partial charge in [-0.1, -0.05) is 35.5 Å². The number of nitrogens with one attached hydrogen (secondary N) is 1. The van der Waals surface area contributed by atoms with Crippen LogP contribution in [0.15, 0.2) is 63.0 Å². The lowest BCUT2D eigenvalue weighted by Gasteiger charge is -2.01. The molecule has 4 aromatic rings. The maximum Gasteiger partial charge on any atom is 0.238 e. The fraction of sp³-hybridized carbons (Fsp3) is 0.158. The molecule has 4 rings (SSSR count). The molecule has 7 nitrogen and oxygen atoms in total. The van der Waals surface area contributed by atoms with Crippen molar-refractivity contribution in [3.63, 3.8) is 0 Å². The van der Waals surface area contributed by atoms with Gasteiger partial charge in [0, 0.05) is 23.8 Å². The maximum atomic E-state index is 12.1. The summed E-state index contributed by atoms with van der Waals surface area (Å²) in [7, 11) is 0. The van der Waals surface area contributed by atoms with Gasteiger partial charge in [-0.2, -0.15) is 4.98 Å². The third kappa shape index (κ3) is 4.29. The minimum atomic E-state index is -0.0954. The number of carbonyl (C=O) groups is 1. The van der Waals surface area contributed by atoms with Crippen LogP contribution in [0.3, 0.4) is 0 Å². The Hall–Kier alpha value is -3.26. The molecule has 0 atom stereocenters. The van der Waals surface area contributed by atoms with Crippen LogP contribution in [0.1, 0.15) is 18.0 Å². The topological polar surface area (TPSA) is 94.0 Å². The third-order valence-corrected chi connectivity index (χ3v) is 4.75. The highest BCUT2D eigenvalue weighted by Gasteiger charge is 2.12. The number of hydrogen-bond acceptors (Lipinski definition) is 7. The highest BCUT2D eigenvalue weighted by molar-refractivity contribution is 7.13. The smallest absolute Gasteiger partial charge is 0.238 e. The third-order valence-electron chi connectivity index (χ3n) is 3.81. The number of rotatable bonds is 7. The number of furan rings is 1. The van der Waals surface area contributed by atoms with Crippen LogP contribution < -0.4 is 5.32 Å². The van der Waals surface area contributed by atoms with Gasteiger partial charge < -0.3 is 14.3 Å². The number of aryl methyl sites for hydroxylation is 1. The monoisotopic (exact) mass is 380 g/mol. The van der Waals surface area contributed by atoms with E-state index in [0.717, 1.165) is 16.3 Å². The van der Waals surface area contributed by atoms with E-state index in [-0.39, 0.29) is 12.3 Å². The van der Waals surface area contributed by atoms with Gasteiger partial charge in [-0.15, -0.1) is 11.3 Å². The zero-order valence-electron chi connectivity index (χ0n) is 14.3. The van der Waals surface area contributed by atoms with Gasteiger partial charge in [0.25, 0.3) is 0 Å². The van der Waals surface area contributed by atoms with Gasteiger partial charge in [0.1, 0.15) is 5.01 Å². The van der Waals surface area contributed by atoms with Gasteiger partial charge in [0.15, 0.2) is 5.76 Å². The largest absolute Gasteiger partial charge is 0.461 e. The standard InChI is InChI=1S/C19H16N4O3S/c24-16(8-9-17-22-18(23-26-17)15-7-4-10-25-15)20-11-14-12-27-19(21-14)13-5-2-1-3-6-13/h1-7,10,12H,8-9,11H2,(H,20,24). The Labute approximate surface area is 159 Å². The molecule has 1 amide bonds. The van der Waals surface area contributed by atoms with Crippen LogP contribution in [-0.2, 0) is 17.8 Å². The van der Waals surface area contributed by atoms with Crippen molar-refractivity contribution in [2.45, 2.75) is 19.4 Å². The number of hydrogen-bond donors (Lipinski definition) is 1. The summed E-state index contributed by atoms with van der Waals surface area (Å²) in [5.41, 5.74) is 1.91. The predicted molar refractivity (Wildman–Crippen MR) is 99.7 cm³/mol. The average molecular weight is 380 g/mol. The van der Waals surface area contributed by atoms with E-state index in [4.69, 9.17) is 8.94 Å². The van der Waals surface area contributed by atoms with Gasteiger partial charge in [0.05, 0.1) is 18.5 Å². The summed E-state index contributed by atoms with van der Waals surface area (Å²) in [5, 5.41) is 9.60. The number of nitrogens with zero attached hydrogens (tertiary/aromatic N) is 3. The van der Waals surface area contributed by atoms with E-state index in [9.17, 15) is 4.79 Å². The highest BCUT2D eigenvalue weighted by atomic mass is 32.1. The minimum Gasteiger partial charge on any atom is -0.461 e. The van der Waals surface area contributed by atoms with Crippen molar-refractivity contribution in [3.8, 4) is 22.2 Å². The van der Waals surface area contributed by atoms with Gasteiger partial charge in [-0.25, -0.2) is 4.98 Å². The van der Waals surface area contributed by atoms with E-state index < -0.39 is 0 Å². The molecule has 0 aliphatic carbocycles. The van der Waals surface area contributed by atoms with Gasteiger partial charge in [0.2, 0.25) is 17.6 Å². The van der Waals surface area contributed by atoms with Crippen LogP contribution in [-0.4, -0.2) is 21.0 Å². The lowest BCUT2D eigenvalue weighted by Crippen LogP contribution is -2.23. The molecule has 0 radical (unpaired) electrons. The van der Waals surface area contributed by atoms with Gasteiger partial charge in [-0.3, -0.25) is 4.79 Å². The van der Waals surface area contributed by atoms with E-state index >= 15 is 0 Å². The van der Waals surface area contributed by atoms with Crippen LogP contribution in [0, 0.1) is 0 Å². The number of thiazole rings is 1. The van der Waals surface area contributed by atoms with Crippen LogP contribution in [0.5, 0.6) is 0 Å². The highest BCUT2D eigenvalue weighted by Crippen LogP contribution is 2.23. The van der Waals surface area contributed by atoms with E-state index in [2.05, 4.69) is 20.4 Å². The van der Waals surface area contributed by atoms with Crippen molar-refractivity contribution in [1.82, 2.24) is 20.4 Å². The Morgan fingerprint density at radius 1 is 1.11 bits per heavy atom. The van der Waals surface area contributed by atoms with Crippen molar-refractivity contribution in [3.05, 3.63) is 65.7 Å². The maximum absolute atomic E-state index is 12.1. The molecule has 0 aliphatic rings.